The lowest BCUT2D eigenvalue weighted by molar-refractivity contribution is 0.102. The maximum Gasteiger partial charge on any atom is 0.264 e. The molecule has 0 atom stereocenters. The van der Waals surface area contributed by atoms with E-state index in [0.717, 1.165) is 23.4 Å². The smallest absolute Gasteiger partial charge is 0.264 e. The van der Waals surface area contributed by atoms with Crippen molar-refractivity contribution in [2.45, 2.75) is 44.4 Å². The number of anilines is 2. The Hall–Kier alpha value is -2.78. The summed E-state index contributed by atoms with van der Waals surface area (Å²) >= 11 is 1.38. The lowest BCUT2D eigenvalue weighted by Gasteiger charge is -2.19. The van der Waals surface area contributed by atoms with Gasteiger partial charge in [-0.1, -0.05) is 42.9 Å². The first-order valence-electron chi connectivity index (χ1n) is 10.1. The Kier molecular flexibility index (Phi) is 7.07. The normalized spacial score (nSPS) is 11.5. The fourth-order valence-electron chi connectivity index (χ4n) is 3.09. The van der Waals surface area contributed by atoms with Gasteiger partial charge in [0, 0.05) is 18.5 Å². The zero-order valence-corrected chi connectivity index (χ0v) is 19.6. The van der Waals surface area contributed by atoms with Crippen LogP contribution in [0, 0.1) is 6.92 Å². The minimum absolute atomic E-state index is 0.215. The van der Waals surface area contributed by atoms with Crippen LogP contribution >= 0.6 is 11.3 Å². The van der Waals surface area contributed by atoms with E-state index in [-0.39, 0.29) is 10.8 Å². The first-order chi connectivity index (χ1) is 14.8. The summed E-state index contributed by atoms with van der Waals surface area (Å²) in [7, 11) is -2.19. The third kappa shape index (κ3) is 5.11. The predicted molar refractivity (Wildman–Crippen MR) is 124 cm³/mol. The quantitative estimate of drug-likeness (QED) is 0.522. The van der Waals surface area contributed by atoms with Gasteiger partial charge in [-0.2, -0.15) is 0 Å². The highest BCUT2D eigenvalue weighted by atomic mass is 32.2. The van der Waals surface area contributed by atoms with Crippen LogP contribution in [0.1, 0.15) is 53.5 Å². The van der Waals surface area contributed by atoms with Gasteiger partial charge in [0.15, 0.2) is 0 Å². The Morgan fingerprint density at radius 1 is 1.03 bits per heavy atom. The van der Waals surface area contributed by atoms with Gasteiger partial charge in [0.25, 0.3) is 15.9 Å². The van der Waals surface area contributed by atoms with Crippen LogP contribution in [0.4, 0.5) is 10.8 Å². The summed E-state index contributed by atoms with van der Waals surface area (Å²) in [6, 6.07) is 13.1. The highest BCUT2D eigenvalue weighted by Gasteiger charge is 2.21. The first kappa shape index (κ1) is 22.9. The van der Waals surface area contributed by atoms with Crippen molar-refractivity contribution in [2.75, 3.05) is 16.7 Å². The molecule has 0 radical (unpaired) electrons. The largest absolute Gasteiger partial charge is 0.296 e. The second-order valence-electron chi connectivity index (χ2n) is 7.25. The Balaban J connectivity index is 1.72. The second-order valence-corrected chi connectivity index (χ2v) is 10.2. The number of sulfonamides is 1. The molecule has 1 N–H and O–H groups in total. The van der Waals surface area contributed by atoms with Gasteiger partial charge in [-0.25, -0.2) is 8.42 Å². The lowest BCUT2D eigenvalue weighted by atomic mass is 10.1. The Labute approximate surface area is 187 Å². The molecule has 3 rings (SSSR count). The topological polar surface area (TPSA) is 92.3 Å². The van der Waals surface area contributed by atoms with Crippen molar-refractivity contribution in [3.05, 3.63) is 64.7 Å². The molecular weight excluding hydrogens is 432 g/mol. The zero-order valence-electron chi connectivity index (χ0n) is 18.0. The number of carbonyl (C=O) groups is 1. The summed E-state index contributed by atoms with van der Waals surface area (Å²) in [5, 5.41) is 12.4. The van der Waals surface area contributed by atoms with E-state index >= 15 is 0 Å². The van der Waals surface area contributed by atoms with Crippen LogP contribution < -0.4 is 9.62 Å². The van der Waals surface area contributed by atoms with Crippen LogP contribution in [0.3, 0.4) is 0 Å². The van der Waals surface area contributed by atoms with Crippen molar-refractivity contribution in [3.8, 4) is 0 Å². The summed E-state index contributed by atoms with van der Waals surface area (Å²) in [6.07, 6.45) is 1.94. The van der Waals surface area contributed by atoms with E-state index in [1.807, 2.05) is 6.92 Å². The molecule has 0 aliphatic heterocycles. The molecule has 164 valence electrons. The molecule has 2 aromatic carbocycles. The summed E-state index contributed by atoms with van der Waals surface area (Å²) < 4.78 is 26.9. The van der Waals surface area contributed by atoms with Gasteiger partial charge >= 0.3 is 0 Å². The van der Waals surface area contributed by atoms with Crippen LogP contribution in [0.2, 0.25) is 0 Å². The van der Waals surface area contributed by atoms with Crippen molar-refractivity contribution in [1.82, 2.24) is 10.2 Å². The van der Waals surface area contributed by atoms with Crippen molar-refractivity contribution >= 4 is 38.1 Å². The number of hydrogen-bond donors (Lipinski definition) is 1. The SMILES string of the molecule is CCC(CC)c1nnc(NC(=O)c2ccc(N(C)S(=O)(=O)c3ccc(C)cc3)cc2)s1. The summed E-state index contributed by atoms with van der Waals surface area (Å²) in [5.41, 5.74) is 1.85. The van der Waals surface area contributed by atoms with Crippen LogP contribution in [0.5, 0.6) is 0 Å². The van der Waals surface area contributed by atoms with Crippen LogP contribution in [-0.4, -0.2) is 31.6 Å². The van der Waals surface area contributed by atoms with E-state index in [1.54, 1.807) is 48.5 Å². The molecule has 0 aliphatic carbocycles. The molecule has 0 saturated carbocycles. The predicted octanol–water partition coefficient (Wildman–Crippen LogP) is 4.83. The van der Waals surface area contributed by atoms with E-state index < -0.39 is 10.0 Å². The van der Waals surface area contributed by atoms with Gasteiger partial charge < -0.3 is 0 Å². The molecule has 0 fully saturated rings. The van der Waals surface area contributed by atoms with Crippen LogP contribution in [0.15, 0.2) is 53.4 Å². The van der Waals surface area contributed by atoms with E-state index in [4.69, 9.17) is 0 Å². The molecule has 0 spiro atoms. The molecule has 1 amide bonds. The number of aromatic nitrogens is 2. The number of rotatable bonds is 8. The minimum Gasteiger partial charge on any atom is -0.296 e. The van der Waals surface area contributed by atoms with Crippen LogP contribution in [0.25, 0.3) is 0 Å². The fourth-order valence-corrected chi connectivity index (χ4v) is 5.29. The third-order valence-electron chi connectivity index (χ3n) is 5.17. The second kappa shape index (κ2) is 9.57. The van der Waals surface area contributed by atoms with E-state index in [1.165, 1.54) is 22.7 Å². The molecule has 1 aromatic heterocycles. The highest BCUT2D eigenvalue weighted by Crippen LogP contribution is 2.28. The zero-order chi connectivity index (χ0) is 22.6. The maximum absolute atomic E-state index is 12.8. The van der Waals surface area contributed by atoms with E-state index in [0.29, 0.717) is 22.3 Å². The van der Waals surface area contributed by atoms with E-state index in [9.17, 15) is 13.2 Å². The molecule has 7 nitrogen and oxygen atoms in total. The first-order valence-corrected chi connectivity index (χ1v) is 12.3. The number of hydrogen-bond acceptors (Lipinski definition) is 6. The van der Waals surface area contributed by atoms with Gasteiger partial charge in [0.1, 0.15) is 5.01 Å². The molecule has 3 aromatic rings. The number of nitrogens with one attached hydrogen (secondary N) is 1. The van der Waals surface area contributed by atoms with Crippen molar-refractivity contribution in [1.29, 1.82) is 0 Å². The molecule has 0 saturated heterocycles. The maximum atomic E-state index is 12.8. The molecule has 1 heterocycles. The summed E-state index contributed by atoms with van der Waals surface area (Å²) in [5.74, 6) is 0.0243. The molecule has 9 heteroatoms. The number of nitrogens with zero attached hydrogens (tertiary/aromatic N) is 3. The van der Waals surface area contributed by atoms with E-state index in [2.05, 4.69) is 29.4 Å². The van der Waals surface area contributed by atoms with Gasteiger partial charge in [-0.15, -0.1) is 10.2 Å². The average Bonchev–Trinajstić information content (AvgIpc) is 3.22. The average molecular weight is 459 g/mol. The number of carbonyl (C=O) groups excluding carboxylic acids is 1. The fraction of sp³-hybridized carbons (Fsp3) is 0.318. The Morgan fingerprint density at radius 2 is 1.65 bits per heavy atom. The van der Waals surface area contributed by atoms with Gasteiger partial charge in [-0.3, -0.25) is 14.4 Å². The highest BCUT2D eigenvalue weighted by molar-refractivity contribution is 7.92. The summed E-state index contributed by atoms with van der Waals surface area (Å²) in [6.45, 7) is 6.11. The van der Waals surface area contributed by atoms with Crippen molar-refractivity contribution in [2.24, 2.45) is 0 Å². The molecular formula is C22H26N4O3S2. The third-order valence-corrected chi connectivity index (χ3v) is 7.97. The molecule has 0 unspecified atom stereocenters. The number of benzene rings is 2. The van der Waals surface area contributed by atoms with Crippen molar-refractivity contribution < 1.29 is 13.2 Å². The number of amides is 1. The summed E-state index contributed by atoms with van der Waals surface area (Å²) in [4.78, 5) is 12.8. The Morgan fingerprint density at radius 3 is 2.23 bits per heavy atom. The van der Waals surface area contributed by atoms with Gasteiger partial charge in [0.2, 0.25) is 5.13 Å². The Bertz CT molecular complexity index is 1140. The lowest BCUT2D eigenvalue weighted by Crippen LogP contribution is -2.26. The van der Waals surface area contributed by atoms with Gasteiger partial charge in [-0.05, 0) is 56.2 Å². The molecule has 0 bridgehead atoms. The van der Waals surface area contributed by atoms with Gasteiger partial charge in [0.05, 0.1) is 10.6 Å². The van der Waals surface area contributed by atoms with Crippen molar-refractivity contribution in [3.63, 3.8) is 0 Å². The monoisotopic (exact) mass is 458 g/mol. The molecule has 31 heavy (non-hydrogen) atoms. The minimum atomic E-state index is -3.68. The number of aryl methyl sites for hydroxylation is 1. The van der Waals surface area contributed by atoms with Crippen LogP contribution in [-0.2, 0) is 10.0 Å². The molecule has 0 aliphatic rings. The standard InChI is InChI=1S/C22H26N4O3S2/c1-5-16(6-2)21-24-25-22(30-21)23-20(27)17-9-11-18(12-10-17)26(4)31(28,29)19-13-7-15(3)8-14-19/h7-14,16H,5-6H2,1-4H3,(H,23,25,27).